The van der Waals surface area contributed by atoms with Gasteiger partial charge in [0, 0.05) is 11.1 Å². The second kappa shape index (κ2) is 5.23. The van der Waals surface area contributed by atoms with Crippen LogP contribution in [0.15, 0.2) is 30.3 Å². The van der Waals surface area contributed by atoms with Gasteiger partial charge in [0.2, 0.25) is 6.35 Å². The second-order valence-electron chi connectivity index (χ2n) is 8.81. The number of hydrogen-bond acceptors (Lipinski definition) is 5. The van der Waals surface area contributed by atoms with Gasteiger partial charge >= 0.3 is 12.1 Å². The molecular formula is C20H25N3O4. The Labute approximate surface area is 158 Å². The van der Waals surface area contributed by atoms with E-state index in [1.807, 2.05) is 35.3 Å². The van der Waals surface area contributed by atoms with Gasteiger partial charge in [-0.2, -0.15) is 10.0 Å². The van der Waals surface area contributed by atoms with Crippen molar-refractivity contribution < 1.29 is 19.1 Å². The number of nitrogens with zero attached hydrogens (tertiary/aromatic N) is 3. The van der Waals surface area contributed by atoms with Crippen molar-refractivity contribution in [2.45, 2.75) is 52.1 Å². The molecule has 0 N–H and O–H groups in total. The lowest BCUT2D eigenvalue weighted by Gasteiger charge is -2.38. The Bertz CT molecular complexity index is 813. The van der Waals surface area contributed by atoms with Gasteiger partial charge < -0.3 is 9.47 Å². The topological polar surface area (TPSA) is 62.3 Å². The number of rotatable bonds is 1. The monoisotopic (exact) mass is 371 g/mol. The molecule has 144 valence electrons. The molecule has 4 aliphatic rings. The van der Waals surface area contributed by atoms with E-state index in [1.165, 1.54) is 7.11 Å². The summed E-state index contributed by atoms with van der Waals surface area (Å²) < 4.78 is 11.5. The minimum Gasteiger partial charge on any atom is -0.451 e. The predicted molar refractivity (Wildman–Crippen MR) is 97.5 cm³/mol. The second-order valence-corrected chi connectivity index (χ2v) is 8.81. The molecule has 0 radical (unpaired) electrons. The molecule has 2 aliphatic heterocycles. The maximum atomic E-state index is 13.2. The van der Waals surface area contributed by atoms with Crippen LogP contribution in [0.4, 0.5) is 15.3 Å². The van der Waals surface area contributed by atoms with Crippen molar-refractivity contribution in [2.75, 3.05) is 12.0 Å². The van der Waals surface area contributed by atoms with Crippen molar-refractivity contribution in [2.24, 2.45) is 16.7 Å². The van der Waals surface area contributed by atoms with Gasteiger partial charge in [0.15, 0.2) is 0 Å². The number of methoxy groups -OCH3 is 1. The summed E-state index contributed by atoms with van der Waals surface area (Å²) in [7, 11) is 1.30. The third-order valence-corrected chi connectivity index (χ3v) is 7.75. The first-order valence-electron chi connectivity index (χ1n) is 9.53. The first-order chi connectivity index (χ1) is 12.8. The van der Waals surface area contributed by atoms with E-state index in [0.717, 1.165) is 17.9 Å². The van der Waals surface area contributed by atoms with Crippen LogP contribution in [0.2, 0.25) is 0 Å². The lowest BCUT2D eigenvalue weighted by Crippen LogP contribution is -2.52. The molecule has 2 heterocycles. The Morgan fingerprint density at radius 3 is 2.59 bits per heavy atom. The molecule has 5 unspecified atom stereocenters. The molecule has 2 bridgehead atoms. The Balaban J connectivity index is 1.61. The highest BCUT2D eigenvalue weighted by atomic mass is 16.6. The Kier molecular flexibility index (Phi) is 3.30. The molecule has 1 aromatic carbocycles. The van der Waals surface area contributed by atoms with Crippen molar-refractivity contribution >= 4 is 17.8 Å². The van der Waals surface area contributed by atoms with Gasteiger partial charge in [-0.3, -0.25) is 4.90 Å². The summed E-state index contributed by atoms with van der Waals surface area (Å²) in [4.78, 5) is 27.3. The summed E-state index contributed by atoms with van der Waals surface area (Å²) in [5, 5.41) is 2.98. The molecule has 2 saturated carbocycles. The van der Waals surface area contributed by atoms with E-state index in [1.54, 1.807) is 4.90 Å². The average Bonchev–Trinajstić information content (AvgIpc) is 3.27. The van der Waals surface area contributed by atoms with Crippen molar-refractivity contribution in [3.63, 3.8) is 0 Å². The summed E-state index contributed by atoms with van der Waals surface area (Å²) in [5.41, 5.74) is 0.804. The molecule has 1 aromatic rings. The number of benzene rings is 1. The highest BCUT2D eigenvalue weighted by Gasteiger charge is 2.75. The van der Waals surface area contributed by atoms with Crippen molar-refractivity contribution in [1.29, 1.82) is 0 Å². The van der Waals surface area contributed by atoms with Crippen LogP contribution in [-0.4, -0.2) is 47.7 Å². The summed E-state index contributed by atoms with van der Waals surface area (Å²) in [5.74, 6) is 0.355. The highest BCUT2D eigenvalue weighted by Crippen LogP contribution is 2.69. The van der Waals surface area contributed by atoms with Crippen LogP contribution in [0, 0.1) is 16.7 Å². The van der Waals surface area contributed by atoms with Gasteiger partial charge in [-0.15, -0.1) is 0 Å². The fourth-order valence-corrected chi connectivity index (χ4v) is 5.94. The first-order valence-corrected chi connectivity index (χ1v) is 9.53. The quantitative estimate of drug-likeness (QED) is 0.757. The van der Waals surface area contributed by atoms with Crippen molar-refractivity contribution in [3.8, 4) is 0 Å². The molecule has 4 fully saturated rings. The molecule has 2 aliphatic carbocycles. The van der Waals surface area contributed by atoms with E-state index in [9.17, 15) is 9.59 Å². The molecule has 2 saturated heterocycles. The maximum Gasteiger partial charge on any atom is 0.433 e. The maximum absolute atomic E-state index is 13.2. The van der Waals surface area contributed by atoms with E-state index >= 15 is 0 Å². The Hall–Kier alpha value is -2.12. The molecule has 7 nitrogen and oxygen atoms in total. The van der Waals surface area contributed by atoms with Crippen LogP contribution in [0.5, 0.6) is 0 Å². The third kappa shape index (κ3) is 1.84. The number of ether oxygens (including phenoxy) is 2. The third-order valence-electron chi connectivity index (χ3n) is 7.75. The first kappa shape index (κ1) is 17.0. The molecule has 5 atom stereocenters. The van der Waals surface area contributed by atoms with Crippen LogP contribution in [0.1, 0.15) is 33.6 Å². The van der Waals surface area contributed by atoms with Crippen LogP contribution >= 0.6 is 0 Å². The van der Waals surface area contributed by atoms with Crippen LogP contribution < -0.4 is 4.90 Å². The summed E-state index contributed by atoms with van der Waals surface area (Å²) in [6.07, 6.45) is 0.863. The number of hydrazine groups is 1. The van der Waals surface area contributed by atoms with Crippen molar-refractivity contribution in [1.82, 2.24) is 10.0 Å². The molecule has 27 heavy (non-hydrogen) atoms. The number of fused-ring (bicyclic) bond motifs is 7. The molecule has 0 aromatic heterocycles. The SMILES string of the molecule is COC(=O)N1C(=O)N(c2ccccc2)C2OC3C(C4CCC3(C)C4(C)C)N21. The Morgan fingerprint density at radius 2 is 1.93 bits per heavy atom. The van der Waals surface area contributed by atoms with Gasteiger partial charge in [0.25, 0.3) is 0 Å². The lowest BCUT2D eigenvalue weighted by atomic mass is 9.70. The largest absolute Gasteiger partial charge is 0.451 e. The van der Waals surface area contributed by atoms with E-state index in [0.29, 0.717) is 11.6 Å². The number of imide groups is 1. The average molecular weight is 371 g/mol. The number of hydrogen-bond donors (Lipinski definition) is 0. The standard InChI is InChI=1S/C20H25N3O4/c1-19(2)13-10-11-20(19,3)15-14(13)22-17(27-15)21(12-8-6-5-7-9-12)16(24)23(22)18(25)26-4/h5-9,13-15,17H,10-11H2,1-4H3. The van der Waals surface area contributed by atoms with E-state index in [-0.39, 0.29) is 23.0 Å². The number of carbonyl (C=O) groups is 2. The van der Waals surface area contributed by atoms with Crippen LogP contribution in [0.3, 0.4) is 0 Å². The fourth-order valence-electron chi connectivity index (χ4n) is 5.94. The molecule has 5 rings (SSSR count). The zero-order valence-corrected chi connectivity index (χ0v) is 16.1. The molecule has 7 heteroatoms. The minimum atomic E-state index is -0.668. The van der Waals surface area contributed by atoms with Gasteiger partial charge in [-0.05, 0) is 36.3 Å². The van der Waals surface area contributed by atoms with E-state index < -0.39 is 18.5 Å². The number of anilines is 1. The normalized spacial score (nSPS) is 39.0. The van der Waals surface area contributed by atoms with Crippen LogP contribution in [-0.2, 0) is 9.47 Å². The number of urea groups is 1. The zero-order valence-electron chi connectivity index (χ0n) is 16.1. The van der Waals surface area contributed by atoms with E-state index in [4.69, 9.17) is 9.47 Å². The molecule has 0 spiro atoms. The van der Waals surface area contributed by atoms with Gasteiger partial charge in [-0.25, -0.2) is 9.59 Å². The fraction of sp³-hybridized carbons (Fsp3) is 0.600. The number of para-hydroxylation sites is 1. The molecular weight excluding hydrogens is 346 g/mol. The molecule has 3 amide bonds. The summed E-state index contributed by atoms with van der Waals surface area (Å²) >= 11 is 0. The van der Waals surface area contributed by atoms with Crippen molar-refractivity contribution in [3.05, 3.63) is 30.3 Å². The smallest absolute Gasteiger partial charge is 0.433 e. The van der Waals surface area contributed by atoms with Gasteiger partial charge in [0.05, 0.1) is 19.3 Å². The lowest BCUT2D eigenvalue weighted by molar-refractivity contribution is -0.0832. The number of amides is 3. The van der Waals surface area contributed by atoms with Crippen LogP contribution in [0.25, 0.3) is 0 Å². The highest BCUT2D eigenvalue weighted by molar-refractivity contribution is 6.02. The predicted octanol–water partition coefficient (Wildman–Crippen LogP) is 3.42. The summed E-state index contributed by atoms with van der Waals surface area (Å²) in [6, 6.07) is 8.91. The Morgan fingerprint density at radius 1 is 1.22 bits per heavy atom. The minimum absolute atomic E-state index is 0.0134. The summed E-state index contributed by atoms with van der Waals surface area (Å²) in [6.45, 7) is 6.87. The zero-order chi connectivity index (χ0) is 19.1. The van der Waals surface area contributed by atoms with Gasteiger partial charge in [-0.1, -0.05) is 39.0 Å². The van der Waals surface area contributed by atoms with E-state index in [2.05, 4.69) is 20.8 Å². The van der Waals surface area contributed by atoms with Gasteiger partial charge in [0.1, 0.15) is 0 Å². The number of carbonyl (C=O) groups excluding carboxylic acids is 2.